The van der Waals surface area contributed by atoms with Crippen molar-refractivity contribution in [1.29, 1.82) is 0 Å². The van der Waals surface area contributed by atoms with Gasteiger partial charge in [0.25, 0.3) is 11.7 Å². The van der Waals surface area contributed by atoms with Crippen LogP contribution in [0, 0.1) is 10.1 Å². The van der Waals surface area contributed by atoms with Gasteiger partial charge in [-0.1, -0.05) is 0 Å². The molecule has 1 saturated heterocycles. The minimum absolute atomic E-state index is 0.0475. The van der Waals surface area contributed by atoms with E-state index in [1.54, 1.807) is 0 Å². The highest BCUT2D eigenvalue weighted by Crippen LogP contribution is 2.25. The molecular weight excluding hydrogens is 298 g/mol. The molecule has 9 heteroatoms. The van der Waals surface area contributed by atoms with Gasteiger partial charge in [0.15, 0.2) is 15.4 Å². The van der Waals surface area contributed by atoms with Crippen LogP contribution in [0.5, 0.6) is 0 Å². The van der Waals surface area contributed by atoms with Gasteiger partial charge in [-0.2, -0.15) is 4.98 Å². The van der Waals surface area contributed by atoms with Crippen molar-refractivity contribution >= 4 is 32.6 Å². The molecular formula is C12H13N3O5S. The van der Waals surface area contributed by atoms with Crippen LogP contribution in [0.4, 0.5) is 11.7 Å². The Morgan fingerprint density at radius 2 is 2.24 bits per heavy atom. The van der Waals surface area contributed by atoms with Crippen LogP contribution in [0.2, 0.25) is 0 Å². The van der Waals surface area contributed by atoms with Gasteiger partial charge >= 0.3 is 0 Å². The third kappa shape index (κ3) is 2.97. The number of rotatable bonds is 3. The van der Waals surface area contributed by atoms with Gasteiger partial charge in [0.1, 0.15) is 5.52 Å². The molecule has 1 aliphatic heterocycles. The fourth-order valence-electron chi connectivity index (χ4n) is 2.40. The molecule has 1 unspecified atom stereocenters. The fraction of sp³-hybridized carbons (Fsp3) is 0.417. The maximum Gasteiger partial charge on any atom is 0.295 e. The molecule has 0 bridgehead atoms. The summed E-state index contributed by atoms with van der Waals surface area (Å²) < 4.78 is 28.6. The van der Waals surface area contributed by atoms with Crippen LogP contribution in [0.15, 0.2) is 22.6 Å². The van der Waals surface area contributed by atoms with Crippen LogP contribution in [0.1, 0.15) is 12.8 Å². The summed E-state index contributed by atoms with van der Waals surface area (Å²) in [6, 6.07) is 4.08. The monoisotopic (exact) mass is 311 g/mol. The Balaban J connectivity index is 1.83. The Hall–Kier alpha value is -2.16. The van der Waals surface area contributed by atoms with Crippen molar-refractivity contribution in [1.82, 2.24) is 4.98 Å². The lowest BCUT2D eigenvalue weighted by molar-refractivity contribution is -0.384. The summed E-state index contributed by atoms with van der Waals surface area (Å²) in [4.78, 5) is 14.3. The summed E-state index contributed by atoms with van der Waals surface area (Å²) in [6.07, 6.45) is 1.32. The molecule has 1 aliphatic rings. The van der Waals surface area contributed by atoms with Crippen LogP contribution in [0.25, 0.3) is 11.1 Å². The predicted octanol–water partition coefficient (Wildman–Crippen LogP) is 1.73. The lowest BCUT2D eigenvalue weighted by atomic mass is 10.2. The van der Waals surface area contributed by atoms with E-state index in [1.165, 1.54) is 18.2 Å². The number of anilines is 1. The molecule has 3 rings (SSSR count). The minimum atomic E-state index is -3.02. The topological polar surface area (TPSA) is 115 Å². The molecule has 21 heavy (non-hydrogen) atoms. The number of nitrogens with one attached hydrogen (secondary N) is 1. The number of sulfone groups is 1. The Kier molecular flexibility index (Phi) is 3.28. The molecule has 0 saturated carbocycles. The second-order valence-electron chi connectivity index (χ2n) is 5.03. The van der Waals surface area contributed by atoms with E-state index in [-0.39, 0.29) is 29.2 Å². The maximum atomic E-state index is 11.6. The summed E-state index contributed by atoms with van der Waals surface area (Å²) in [7, 11) is -3.02. The first-order chi connectivity index (χ1) is 9.93. The van der Waals surface area contributed by atoms with Gasteiger partial charge in [-0.05, 0) is 18.9 Å². The van der Waals surface area contributed by atoms with Crippen molar-refractivity contribution < 1.29 is 17.8 Å². The number of hydrogen-bond acceptors (Lipinski definition) is 7. The molecule has 8 nitrogen and oxygen atoms in total. The van der Waals surface area contributed by atoms with E-state index in [2.05, 4.69) is 10.3 Å². The molecule has 2 aromatic rings. The predicted molar refractivity (Wildman–Crippen MR) is 76.0 cm³/mol. The van der Waals surface area contributed by atoms with E-state index in [0.29, 0.717) is 17.5 Å². The molecule has 1 atom stereocenters. The second kappa shape index (κ2) is 4.99. The van der Waals surface area contributed by atoms with E-state index >= 15 is 0 Å². The number of nitrogens with zero attached hydrogens (tertiary/aromatic N) is 2. The lowest BCUT2D eigenvalue weighted by Gasteiger charge is -2.21. The molecule has 1 aromatic heterocycles. The normalized spacial score (nSPS) is 21.2. The summed E-state index contributed by atoms with van der Waals surface area (Å²) in [5, 5.41) is 13.7. The molecule has 1 N–H and O–H groups in total. The van der Waals surface area contributed by atoms with Gasteiger partial charge in [0, 0.05) is 18.2 Å². The number of non-ortho nitro benzene ring substituents is 1. The Labute approximate surface area is 120 Å². The van der Waals surface area contributed by atoms with Crippen molar-refractivity contribution in [3.05, 3.63) is 28.3 Å². The van der Waals surface area contributed by atoms with Crippen LogP contribution < -0.4 is 5.32 Å². The number of hydrogen-bond donors (Lipinski definition) is 1. The summed E-state index contributed by atoms with van der Waals surface area (Å²) in [6.45, 7) is 0. The smallest absolute Gasteiger partial charge is 0.295 e. The summed E-state index contributed by atoms with van der Waals surface area (Å²) in [5.74, 6) is 0.261. The van der Waals surface area contributed by atoms with Crippen LogP contribution in [-0.2, 0) is 9.84 Å². The highest BCUT2D eigenvalue weighted by atomic mass is 32.2. The fourth-order valence-corrected chi connectivity index (χ4v) is 4.04. The first-order valence-corrected chi connectivity index (χ1v) is 8.27. The van der Waals surface area contributed by atoms with Crippen molar-refractivity contribution in [2.45, 2.75) is 18.9 Å². The number of nitro benzene ring substituents is 1. The van der Waals surface area contributed by atoms with Gasteiger partial charge < -0.3 is 9.73 Å². The van der Waals surface area contributed by atoms with Gasteiger partial charge in [-0.25, -0.2) is 8.42 Å². The van der Waals surface area contributed by atoms with Gasteiger partial charge in [-0.3, -0.25) is 10.1 Å². The average Bonchev–Trinajstić information content (AvgIpc) is 2.78. The van der Waals surface area contributed by atoms with Gasteiger partial charge in [0.05, 0.1) is 16.4 Å². The Morgan fingerprint density at radius 1 is 1.43 bits per heavy atom. The highest BCUT2D eigenvalue weighted by Gasteiger charge is 2.25. The van der Waals surface area contributed by atoms with Gasteiger partial charge in [-0.15, -0.1) is 0 Å². The quantitative estimate of drug-likeness (QED) is 0.677. The molecule has 1 fully saturated rings. The van der Waals surface area contributed by atoms with E-state index in [4.69, 9.17) is 4.42 Å². The zero-order valence-corrected chi connectivity index (χ0v) is 11.8. The number of benzene rings is 1. The number of fused-ring (bicyclic) bond motifs is 1. The van der Waals surface area contributed by atoms with Crippen molar-refractivity contribution in [3.8, 4) is 0 Å². The van der Waals surface area contributed by atoms with Crippen molar-refractivity contribution in [2.24, 2.45) is 0 Å². The summed E-state index contributed by atoms with van der Waals surface area (Å²) in [5.41, 5.74) is 0.717. The van der Waals surface area contributed by atoms with E-state index in [9.17, 15) is 18.5 Å². The van der Waals surface area contributed by atoms with Gasteiger partial charge in [0.2, 0.25) is 0 Å². The SMILES string of the molecule is O=[N+]([O-])c1ccc2oc(NC3CCCS(=O)(=O)C3)nc2c1. The average molecular weight is 311 g/mol. The van der Waals surface area contributed by atoms with Crippen LogP contribution in [0.3, 0.4) is 0 Å². The van der Waals surface area contributed by atoms with E-state index in [1.807, 2.05) is 0 Å². The molecule has 0 aliphatic carbocycles. The Bertz CT molecular complexity index is 798. The number of aromatic nitrogens is 1. The molecule has 112 valence electrons. The lowest BCUT2D eigenvalue weighted by Crippen LogP contribution is -2.34. The molecule has 2 heterocycles. The standard InChI is InChI=1S/C12H13N3O5S/c16-15(17)9-3-4-11-10(6-9)14-12(20-11)13-8-2-1-5-21(18,19)7-8/h3-4,6,8H,1-2,5,7H2,(H,13,14). The third-order valence-electron chi connectivity index (χ3n) is 3.37. The minimum Gasteiger partial charge on any atom is -0.424 e. The molecule has 1 aromatic carbocycles. The Morgan fingerprint density at radius 3 is 2.95 bits per heavy atom. The highest BCUT2D eigenvalue weighted by molar-refractivity contribution is 7.91. The molecule has 0 spiro atoms. The van der Waals surface area contributed by atoms with Crippen molar-refractivity contribution in [3.63, 3.8) is 0 Å². The number of oxazole rings is 1. The second-order valence-corrected chi connectivity index (χ2v) is 7.25. The first kappa shape index (κ1) is 13.8. The zero-order valence-electron chi connectivity index (χ0n) is 11.0. The van der Waals surface area contributed by atoms with Crippen LogP contribution in [-0.4, -0.2) is 35.9 Å². The summed E-state index contributed by atoms with van der Waals surface area (Å²) >= 11 is 0. The van der Waals surface area contributed by atoms with E-state index < -0.39 is 14.8 Å². The first-order valence-electron chi connectivity index (χ1n) is 6.45. The maximum absolute atomic E-state index is 11.6. The van der Waals surface area contributed by atoms with Crippen molar-refractivity contribution in [2.75, 3.05) is 16.8 Å². The molecule has 0 radical (unpaired) electrons. The zero-order chi connectivity index (χ0) is 15.0. The van der Waals surface area contributed by atoms with E-state index in [0.717, 1.165) is 6.42 Å². The third-order valence-corrected chi connectivity index (χ3v) is 5.19. The molecule has 0 amide bonds. The largest absolute Gasteiger partial charge is 0.424 e. The number of nitro groups is 1. The van der Waals surface area contributed by atoms with Crippen LogP contribution >= 0.6 is 0 Å².